The molecule has 0 aliphatic carbocycles. The minimum absolute atomic E-state index is 0.0953. The summed E-state index contributed by atoms with van der Waals surface area (Å²) in [4.78, 5) is 10.7. The van der Waals surface area contributed by atoms with E-state index < -0.39 is 16.0 Å². The van der Waals surface area contributed by atoms with E-state index in [2.05, 4.69) is 5.32 Å². The summed E-state index contributed by atoms with van der Waals surface area (Å²) in [5.41, 5.74) is 2.33. The van der Waals surface area contributed by atoms with Crippen molar-refractivity contribution in [3.05, 3.63) is 58.6 Å². The predicted octanol–water partition coefficient (Wildman–Crippen LogP) is 1.83. The fraction of sp³-hybridized carbons (Fsp3) is 0.381. The fourth-order valence-electron chi connectivity index (χ4n) is 3.78. The van der Waals surface area contributed by atoms with E-state index in [4.69, 9.17) is 11.6 Å². The lowest BCUT2D eigenvalue weighted by Gasteiger charge is -2.20. The van der Waals surface area contributed by atoms with Crippen molar-refractivity contribution < 1.29 is 23.6 Å². The summed E-state index contributed by atoms with van der Waals surface area (Å²) < 4.78 is 27.7. The van der Waals surface area contributed by atoms with Gasteiger partial charge in [-0.3, -0.25) is 4.31 Å². The summed E-state index contributed by atoms with van der Waals surface area (Å²) >= 11 is 6.12. The molecule has 0 unspecified atom stereocenters. The van der Waals surface area contributed by atoms with E-state index in [-0.39, 0.29) is 17.4 Å². The molecule has 0 amide bonds. The number of para-hydroxylation sites is 1. The molecule has 0 bridgehead atoms. The van der Waals surface area contributed by atoms with Crippen LogP contribution in [-0.4, -0.2) is 28.0 Å². The molecular formula is C21H25ClN2O4S. The van der Waals surface area contributed by atoms with E-state index in [9.17, 15) is 18.3 Å². The van der Waals surface area contributed by atoms with E-state index >= 15 is 0 Å². The number of nitrogens with two attached hydrogens (primary N) is 1. The smallest absolute Gasteiger partial charge is 0.264 e. The van der Waals surface area contributed by atoms with Crippen LogP contribution in [0.25, 0.3) is 0 Å². The molecule has 8 heteroatoms. The average molecular weight is 437 g/mol. The molecule has 0 radical (unpaired) electrons. The third-order valence-corrected chi connectivity index (χ3v) is 7.36. The SMILES string of the molecule is CN1c2ccccc2[C@@H]([NH2+]CCCCCCC(=O)[O-])c2ccc(Cl)cc2S1(=O)=O. The highest BCUT2D eigenvalue weighted by molar-refractivity contribution is 7.92. The molecule has 0 saturated heterocycles. The molecule has 2 aromatic rings. The first-order valence-electron chi connectivity index (χ1n) is 9.73. The van der Waals surface area contributed by atoms with E-state index in [1.54, 1.807) is 19.2 Å². The van der Waals surface area contributed by atoms with Gasteiger partial charge in [0.25, 0.3) is 10.0 Å². The number of hydrogen-bond acceptors (Lipinski definition) is 4. The number of aliphatic carboxylic acids is 1. The molecule has 3 rings (SSSR count). The maximum Gasteiger partial charge on any atom is 0.264 e. The molecule has 0 fully saturated rings. The number of carbonyl (C=O) groups excluding carboxylic acids is 1. The summed E-state index contributed by atoms with van der Waals surface area (Å²) in [6.45, 7) is 0.802. The van der Waals surface area contributed by atoms with Crippen LogP contribution in [0.2, 0.25) is 5.02 Å². The quantitative estimate of drug-likeness (QED) is 0.639. The van der Waals surface area contributed by atoms with Crippen LogP contribution in [0.4, 0.5) is 5.69 Å². The van der Waals surface area contributed by atoms with Crippen molar-refractivity contribution in [1.82, 2.24) is 0 Å². The van der Waals surface area contributed by atoms with Crippen LogP contribution in [0, 0.1) is 0 Å². The minimum Gasteiger partial charge on any atom is -0.550 e. The lowest BCUT2D eigenvalue weighted by atomic mass is 9.96. The number of benzene rings is 2. The molecule has 2 aromatic carbocycles. The van der Waals surface area contributed by atoms with Gasteiger partial charge in [-0.15, -0.1) is 0 Å². The summed E-state index contributed by atoms with van der Waals surface area (Å²) in [6.07, 6.45) is 3.39. The Morgan fingerprint density at radius 1 is 1.10 bits per heavy atom. The van der Waals surface area contributed by atoms with Gasteiger partial charge >= 0.3 is 0 Å². The minimum atomic E-state index is -3.71. The van der Waals surface area contributed by atoms with E-state index in [0.717, 1.165) is 36.9 Å². The Hall–Kier alpha value is -2.09. The summed E-state index contributed by atoms with van der Waals surface area (Å²) in [6, 6.07) is 12.4. The molecule has 6 nitrogen and oxygen atoms in total. The first kappa shape index (κ1) is 21.6. The van der Waals surface area contributed by atoms with E-state index in [1.165, 1.54) is 10.4 Å². The molecule has 1 heterocycles. The van der Waals surface area contributed by atoms with Crippen molar-refractivity contribution in [2.24, 2.45) is 0 Å². The number of anilines is 1. The molecule has 2 N–H and O–H groups in total. The Kier molecular flexibility index (Phi) is 6.82. The molecular weight excluding hydrogens is 412 g/mol. The fourth-order valence-corrected chi connectivity index (χ4v) is 5.50. The van der Waals surface area contributed by atoms with Gasteiger partial charge in [-0.1, -0.05) is 36.2 Å². The van der Waals surface area contributed by atoms with Crippen molar-refractivity contribution in [1.29, 1.82) is 0 Å². The van der Waals surface area contributed by atoms with Crippen LogP contribution in [0.15, 0.2) is 47.4 Å². The highest BCUT2D eigenvalue weighted by Crippen LogP contribution is 2.39. The predicted molar refractivity (Wildman–Crippen MR) is 110 cm³/mol. The van der Waals surface area contributed by atoms with Gasteiger partial charge in [0.2, 0.25) is 0 Å². The largest absolute Gasteiger partial charge is 0.550 e. The normalized spacial score (nSPS) is 17.3. The highest BCUT2D eigenvalue weighted by Gasteiger charge is 2.36. The average Bonchev–Trinajstić information content (AvgIpc) is 2.75. The van der Waals surface area contributed by atoms with Crippen molar-refractivity contribution in [2.45, 2.75) is 43.0 Å². The molecule has 1 aliphatic heterocycles. The molecule has 0 saturated carbocycles. The number of hydrogen-bond donors (Lipinski definition) is 1. The first-order chi connectivity index (χ1) is 13.8. The zero-order chi connectivity index (χ0) is 21.0. The topological polar surface area (TPSA) is 94.1 Å². The van der Waals surface area contributed by atoms with Crippen LogP contribution in [-0.2, 0) is 14.8 Å². The molecule has 156 valence electrons. The van der Waals surface area contributed by atoms with Crippen LogP contribution in [0.3, 0.4) is 0 Å². The lowest BCUT2D eigenvalue weighted by Crippen LogP contribution is -2.85. The van der Waals surface area contributed by atoms with Gasteiger partial charge < -0.3 is 15.2 Å². The number of carboxylic acid groups (broad SMARTS) is 1. The summed E-state index contributed by atoms with van der Waals surface area (Å²) in [5.74, 6) is -1.01. The number of rotatable bonds is 8. The second-order valence-electron chi connectivity index (χ2n) is 7.25. The van der Waals surface area contributed by atoms with E-state index in [0.29, 0.717) is 17.1 Å². The molecule has 0 spiro atoms. The van der Waals surface area contributed by atoms with Crippen LogP contribution >= 0.6 is 11.6 Å². The summed E-state index contributed by atoms with van der Waals surface area (Å²) in [5, 5.41) is 13.0. The zero-order valence-electron chi connectivity index (χ0n) is 16.3. The van der Waals surface area contributed by atoms with Crippen molar-refractivity contribution >= 4 is 33.3 Å². The van der Waals surface area contributed by atoms with Crippen molar-refractivity contribution in [2.75, 3.05) is 17.9 Å². The van der Waals surface area contributed by atoms with Crippen molar-refractivity contribution in [3.63, 3.8) is 0 Å². The number of unbranched alkanes of at least 4 members (excludes halogenated alkanes) is 3. The number of nitrogens with zero attached hydrogens (tertiary/aromatic N) is 1. The second kappa shape index (κ2) is 9.15. The molecule has 0 aromatic heterocycles. The second-order valence-corrected chi connectivity index (χ2v) is 9.63. The number of carbonyl (C=O) groups is 1. The number of fused-ring (bicyclic) bond motifs is 2. The van der Waals surface area contributed by atoms with Gasteiger partial charge in [0.15, 0.2) is 0 Å². The van der Waals surface area contributed by atoms with Crippen molar-refractivity contribution in [3.8, 4) is 0 Å². The number of halogens is 1. The Morgan fingerprint density at radius 2 is 1.83 bits per heavy atom. The Bertz CT molecular complexity index is 994. The maximum atomic E-state index is 13.2. The van der Waals surface area contributed by atoms with Gasteiger partial charge in [-0.05, 0) is 49.9 Å². The lowest BCUT2D eigenvalue weighted by molar-refractivity contribution is -0.687. The van der Waals surface area contributed by atoms with Crippen LogP contribution in [0.1, 0.15) is 49.3 Å². The molecule has 1 atom stereocenters. The van der Waals surface area contributed by atoms with Crippen LogP contribution in [0.5, 0.6) is 0 Å². The maximum absolute atomic E-state index is 13.2. The third kappa shape index (κ3) is 4.74. The van der Waals surface area contributed by atoms with Gasteiger partial charge in [0.1, 0.15) is 6.04 Å². The van der Waals surface area contributed by atoms with E-state index in [1.807, 2.05) is 24.3 Å². The highest BCUT2D eigenvalue weighted by atomic mass is 35.5. The van der Waals surface area contributed by atoms with Gasteiger partial charge in [0, 0.05) is 29.2 Å². The Balaban J connectivity index is 1.85. The summed E-state index contributed by atoms with van der Waals surface area (Å²) in [7, 11) is -2.14. The monoisotopic (exact) mass is 436 g/mol. The Morgan fingerprint density at radius 3 is 2.59 bits per heavy atom. The van der Waals surface area contributed by atoms with Gasteiger partial charge in [-0.2, -0.15) is 0 Å². The molecule has 1 aliphatic rings. The zero-order valence-corrected chi connectivity index (χ0v) is 17.9. The van der Waals surface area contributed by atoms with Crippen LogP contribution < -0.4 is 14.7 Å². The number of quaternary nitrogens is 1. The standard InChI is InChI=1S/C21H25ClN2O4S/c1-24-18-9-6-5-8-16(18)21(23-13-7-3-2-4-10-20(25)26)17-12-11-15(22)14-19(17)29(24,27)28/h5-6,8-9,11-12,14,21,23H,2-4,7,10,13H2,1H3,(H,25,26)/t21-/m1/s1. The van der Waals surface area contributed by atoms with Gasteiger partial charge in [0.05, 0.1) is 17.1 Å². The first-order valence-corrected chi connectivity index (χ1v) is 11.5. The third-order valence-electron chi connectivity index (χ3n) is 5.30. The number of sulfonamides is 1. The molecule has 29 heavy (non-hydrogen) atoms. The Labute approximate surface area is 176 Å². The van der Waals surface area contributed by atoms with Gasteiger partial charge in [-0.25, -0.2) is 8.42 Å². The number of carboxylic acids is 1.